The molecule has 2 nitrogen and oxygen atoms in total. The van der Waals surface area contributed by atoms with Gasteiger partial charge < -0.3 is 4.74 Å². The van der Waals surface area contributed by atoms with Gasteiger partial charge in [-0.05, 0) is 42.2 Å². The van der Waals surface area contributed by atoms with Gasteiger partial charge in [0.05, 0.1) is 0 Å². The second kappa shape index (κ2) is 6.90. The molecule has 2 rings (SSSR count). The predicted octanol–water partition coefficient (Wildman–Crippen LogP) is 5.14. The van der Waals surface area contributed by atoms with E-state index in [4.69, 9.17) is 4.74 Å². The summed E-state index contributed by atoms with van der Waals surface area (Å²) < 4.78 is 6.42. The molecule has 0 amide bonds. The van der Waals surface area contributed by atoms with Crippen LogP contribution >= 0.6 is 15.9 Å². The molecule has 0 aliphatic heterocycles. The first kappa shape index (κ1) is 15.8. The van der Waals surface area contributed by atoms with Gasteiger partial charge in [0.15, 0.2) is 6.61 Å². The molecule has 0 spiro atoms. The van der Waals surface area contributed by atoms with Crippen LogP contribution in [-0.2, 0) is 0 Å². The van der Waals surface area contributed by atoms with Gasteiger partial charge in [0, 0.05) is 10.0 Å². The molecule has 0 aromatic heterocycles. The summed E-state index contributed by atoms with van der Waals surface area (Å²) in [5, 5.41) is 0. The standard InChI is InChI=1S/C18H19BrO2/c1-12(2)15-9-8-14(10-13(15)3)21-11-18(20)16-6-4-5-7-17(16)19/h4-10,12H,11H2,1-3H3. The fraction of sp³-hybridized carbons (Fsp3) is 0.278. The van der Waals surface area contributed by atoms with Crippen molar-refractivity contribution in [2.75, 3.05) is 6.61 Å². The number of ether oxygens (including phenoxy) is 1. The second-order valence-electron chi connectivity index (χ2n) is 5.36. The zero-order valence-corrected chi connectivity index (χ0v) is 14.1. The Morgan fingerprint density at radius 2 is 1.90 bits per heavy atom. The maximum atomic E-state index is 12.1. The molecule has 0 saturated carbocycles. The van der Waals surface area contributed by atoms with Crippen LogP contribution in [0.15, 0.2) is 46.9 Å². The number of ketones is 1. The van der Waals surface area contributed by atoms with Crippen LogP contribution in [0.3, 0.4) is 0 Å². The van der Waals surface area contributed by atoms with Crippen molar-refractivity contribution in [1.82, 2.24) is 0 Å². The third-order valence-electron chi connectivity index (χ3n) is 3.41. The molecule has 21 heavy (non-hydrogen) atoms. The summed E-state index contributed by atoms with van der Waals surface area (Å²) in [6.07, 6.45) is 0. The number of hydrogen-bond donors (Lipinski definition) is 0. The monoisotopic (exact) mass is 346 g/mol. The van der Waals surface area contributed by atoms with Gasteiger partial charge in [-0.1, -0.05) is 54.0 Å². The van der Waals surface area contributed by atoms with E-state index in [1.165, 1.54) is 11.1 Å². The van der Waals surface area contributed by atoms with Gasteiger partial charge in [-0.2, -0.15) is 0 Å². The molecule has 0 unspecified atom stereocenters. The van der Waals surface area contributed by atoms with E-state index in [1.54, 1.807) is 6.07 Å². The molecule has 2 aromatic rings. The summed E-state index contributed by atoms with van der Waals surface area (Å²) in [7, 11) is 0. The third-order valence-corrected chi connectivity index (χ3v) is 4.10. The van der Waals surface area contributed by atoms with E-state index in [0.29, 0.717) is 11.5 Å². The summed E-state index contributed by atoms with van der Waals surface area (Å²) in [5.41, 5.74) is 3.14. The molecule has 0 heterocycles. The molecule has 3 heteroatoms. The van der Waals surface area contributed by atoms with Crippen molar-refractivity contribution in [1.29, 1.82) is 0 Å². The van der Waals surface area contributed by atoms with Crippen LogP contribution in [-0.4, -0.2) is 12.4 Å². The fourth-order valence-corrected chi connectivity index (χ4v) is 2.81. The number of rotatable bonds is 5. The quantitative estimate of drug-likeness (QED) is 0.700. The second-order valence-corrected chi connectivity index (χ2v) is 6.22. The average molecular weight is 347 g/mol. The van der Waals surface area contributed by atoms with Gasteiger partial charge >= 0.3 is 0 Å². The van der Waals surface area contributed by atoms with Crippen LogP contribution in [0.4, 0.5) is 0 Å². The molecule has 2 aromatic carbocycles. The number of Topliss-reactive ketones (excluding diaryl/α,β-unsaturated/α-hetero) is 1. The summed E-state index contributed by atoms with van der Waals surface area (Å²) in [4.78, 5) is 12.1. The molecule has 0 aliphatic rings. The highest BCUT2D eigenvalue weighted by atomic mass is 79.9. The Bertz CT molecular complexity index is 647. The van der Waals surface area contributed by atoms with Crippen molar-refractivity contribution in [3.05, 3.63) is 63.6 Å². The number of carbonyl (C=O) groups is 1. The number of benzene rings is 2. The Kier molecular flexibility index (Phi) is 5.18. The van der Waals surface area contributed by atoms with Crippen molar-refractivity contribution in [3.63, 3.8) is 0 Å². The SMILES string of the molecule is Cc1cc(OCC(=O)c2ccccc2Br)ccc1C(C)C. The molecule has 0 aliphatic carbocycles. The normalized spacial score (nSPS) is 10.7. The highest BCUT2D eigenvalue weighted by Gasteiger charge is 2.11. The largest absolute Gasteiger partial charge is 0.485 e. The number of aryl methyl sites for hydroxylation is 1. The summed E-state index contributed by atoms with van der Waals surface area (Å²) in [5.74, 6) is 1.19. The first-order valence-corrected chi connectivity index (χ1v) is 7.79. The zero-order valence-electron chi connectivity index (χ0n) is 12.5. The van der Waals surface area contributed by atoms with Crippen LogP contribution in [0.2, 0.25) is 0 Å². The minimum Gasteiger partial charge on any atom is -0.485 e. The van der Waals surface area contributed by atoms with Crippen molar-refractivity contribution >= 4 is 21.7 Å². The Balaban J connectivity index is 2.05. The lowest BCUT2D eigenvalue weighted by Crippen LogP contribution is -2.12. The number of hydrogen-bond acceptors (Lipinski definition) is 2. The Labute approximate surface area is 134 Å². The molecule has 0 saturated heterocycles. The maximum absolute atomic E-state index is 12.1. The Morgan fingerprint density at radius 3 is 2.52 bits per heavy atom. The lowest BCUT2D eigenvalue weighted by Gasteiger charge is -2.12. The zero-order chi connectivity index (χ0) is 15.4. The van der Waals surface area contributed by atoms with Gasteiger partial charge in [0.2, 0.25) is 5.78 Å². The van der Waals surface area contributed by atoms with E-state index >= 15 is 0 Å². The number of carbonyl (C=O) groups excluding carboxylic acids is 1. The van der Waals surface area contributed by atoms with Gasteiger partial charge in [-0.15, -0.1) is 0 Å². The average Bonchev–Trinajstić information content (AvgIpc) is 2.45. The smallest absolute Gasteiger partial charge is 0.201 e. The summed E-state index contributed by atoms with van der Waals surface area (Å²) >= 11 is 3.38. The topological polar surface area (TPSA) is 26.3 Å². The summed E-state index contributed by atoms with van der Waals surface area (Å²) in [6.45, 7) is 6.44. The van der Waals surface area contributed by atoms with E-state index in [1.807, 2.05) is 30.3 Å². The van der Waals surface area contributed by atoms with Gasteiger partial charge in [-0.25, -0.2) is 0 Å². The first-order chi connectivity index (χ1) is 9.99. The van der Waals surface area contributed by atoms with Crippen LogP contribution in [0.25, 0.3) is 0 Å². The van der Waals surface area contributed by atoms with Crippen LogP contribution in [0.1, 0.15) is 41.3 Å². The lowest BCUT2D eigenvalue weighted by atomic mass is 9.98. The molecule has 0 atom stereocenters. The van der Waals surface area contributed by atoms with Crippen molar-refractivity contribution in [2.45, 2.75) is 26.7 Å². The molecule has 0 N–H and O–H groups in total. The van der Waals surface area contributed by atoms with Crippen molar-refractivity contribution < 1.29 is 9.53 Å². The molecule has 0 bridgehead atoms. The molecule has 0 fully saturated rings. The first-order valence-electron chi connectivity index (χ1n) is 7.00. The molecular weight excluding hydrogens is 328 g/mol. The minimum absolute atomic E-state index is 0.0342. The van der Waals surface area contributed by atoms with Crippen LogP contribution < -0.4 is 4.74 Å². The predicted molar refractivity (Wildman–Crippen MR) is 89.2 cm³/mol. The van der Waals surface area contributed by atoms with Gasteiger partial charge in [0.1, 0.15) is 5.75 Å². The minimum atomic E-state index is -0.0342. The fourth-order valence-electron chi connectivity index (χ4n) is 2.30. The summed E-state index contributed by atoms with van der Waals surface area (Å²) in [6, 6.07) is 13.4. The number of halogens is 1. The molecule has 0 radical (unpaired) electrons. The van der Waals surface area contributed by atoms with E-state index < -0.39 is 0 Å². The highest BCUT2D eigenvalue weighted by molar-refractivity contribution is 9.10. The Morgan fingerprint density at radius 1 is 1.19 bits per heavy atom. The molecular formula is C18H19BrO2. The Hall–Kier alpha value is -1.61. The molecule has 110 valence electrons. The van der Waals surface area contributed by atoms with E-state index in [0.717, 1.165) is 10.2 Å². The van der Waals surface area contributed by atoms with Crippen molar-refractivity contribution in [3.8, 4) is 5.75 Å². The van der Waals surface area contributed by atoms with Crippen molar-refractivity contribution in [2.24, 2.45) is 0 Å². The van der Waals surface area contributed by atoms with Crippen LogP contribution in [0.5, 0.6) is 5.75 Å². The van der Waals surface area contributed by atoms with Gasteiger partial charge in [-0.3, -0.25) is 4.79 Å². The van der Waals surface area contributed by atoms with E-state index in [2.05, 4.69) is 42.8 Å². The van der Waals surface area contributed by atoms with Crippen LogP contribution in [0, 0.1) is 6.92 Å². The lowest BCUT2D eigenvalue weighted by molar-refractivity contribution is 0.0920. The maximum Gasteiger partial charge on any atom is 0.201 e. The van der Waals surface area contributed by atoms with E-state index in [-0.39, 0.29) is 12.4 Å². The highest BCUT2D eigenvalue weighted by Crippen LogP contribution is 2.24. The third kappa shape index (κ3) is 3.94. The van der Waals surface area contributed by atoms with E-state index in [9.17, 15) is 4.79 Å². The van der Waals surface area contributed by atoms with Gasteiger partial charge in [0.25, 0.3) is 0 Å².